The number of para-hydroxylation sites is 2. The molecule has 0 spiro atoms. The van der Waals surface area contributed by atoms with E-state index in [4.69, 9.17) is 4.55 Å². The van der Waals surface area contributed by atoms with Crippen molar-refractivity contribution in [2.24, 2.45) is 0 Å². The average Bonchev–Trinajstić information content (AvgIpc) is 2.90. The van der Waals surface area contributed by atoms with Crippen LogP contribution in [0, 0.1) is 0 Å². The van der Waals surface area contributed by atoms with Gasteiger partial charge in [0.15, 0.2) is 5.71 Å². The summed E-state index contributed by atoms with van der Waals surface area (Å²) < 4.78 is 32.8. The van der Waals surface area contributed by atoms with E-state index in [1.54, 1.807) is 0 Å². The van der Waals surface area contributed by atoms with E-state index in [1.165, 1.54) is 17.0 Å². The Bertz CT molecular complexity index is 826. The Morgan fingerprint density at radius 3 is 2.39 bits per heavy atom. The van der Waals surface area contributed by atoms with Crippen molar-refractivity contribution in [1.29, 1.82) is 0 Å². The van der Waals surface area contributed by atoms with Crippen LogP contribution in [0.1, 0.15) is 24.8 Å². The van der Waals surface area contributed by atoms with Crippen molar-refractivity contribution < 1.29 is 13.0 Å². The highest BCUT2D eigenvalue weighted by molar-refractivity contribution is 7.85. The Morgan fingerprint density at radius 2 is 1.65 bits per heavy atom. The molecule has 1 aliphatic rings. The molecule has 1 heterocycles. The van der Waals surface area contributed by atoms with Gasteiger partial charge in [0.1, 0.15) is 0 Å². The highest BCUT2D eigenvalue weighted by Gasteiger charge is 2.30. The summed E-state index contributed by atoms with van der Waals surface area (Å²) in [5, 5.41) is 0. The van der Waals surface area contributed by atoms with Crippen LogP contribution in [0.4, 0.5) is 11.4 Å². The smallest absolute Gasteiger partial charge is 0.264 e. The van der Waals surface area contributed by atoms with E-state index >= 15 is 0 Å². The Labute approximate surface area is 136 Å². The summed E-state index contributed by atoms with van der Waals surface area (Å²) in [6, 6.07) is 18.5. The fraction of sp³-hybridized carbons (Fsp3) is 0.278. The molecule has 2 aromatic rings. The van der Waals surface area contributed by atoms with Crippen LogP contribution < -0.4 is 4.58 Å². The first-order valence-corrected chi connectivity index (χ1v) is 9.38. The maximum absolute atomic E-state index is 10.8. The van der Waals surface area contributed by atoms with Gasteiger partial charge < -0.3 is 0 Å². The first kappa shape index (κ1) is 15.9. The summed E-state index contributed by atoms with van der Waals surface area (Å²) in [5.41, 5.74) is 4.89. The molecule has 0 saturated carbocycles. The number of hydrogen-bond donors (Lipinski definition) is 1. The zero-order valence-electron chi connectivity index (χ0n) is 12.9. The van der Waals surface area contributed by atoms with Crippen molar-refractivity contribution in [2.45, 2.75) is 25.7 Å². The number of benzene rings is 2. The lowest BCUT2D eigenvalue weighted by Crippen LogP contribution is -2.13. The fourth-order valence-electron chi connectivity index (χ4n) is 3.06. The van der Waals surface area contributed by atoms with E-state index in [-0.39, 0.29) is 5.75 Å². The van der Waals surface area contributed by atoms with Gasteiger partial charge in [-0.2, -0.15) is 13.0 Å². The quantitative estimate of drug-likeness (QED) is 0.500. The molecule has 5 heteroatoms. The van der Waals surface area contributed by atoms with E-state index in [0.717, 1.165) is 24.9 Å². The predicted octanol–water partition coefficient (Wildman–Crippen LogP) is 3.58. The lowest BCUT2D eigenvalue weighted by Gasteiger charge is -2.03. The van der Waals surface area contributed by atoms with Gasteiger partial charge in [-0.3, -0.25) is 4.55 Å². The Balaban J connectivity index is 1.84. The van der Waals surface area contributed by atoms with Crippen LogP contribution in [0.15, 0.2) is 54.6 Å². The molecular formula is C18H20NO3S+. The van der Waals surface area contributed by atoms with Gasteiger partial charge in [0, 0.05) is 30.2 Å². The molecule has 3 rings (SSSR count). The second kappa shape index (κ2) is 6.64. The minimum atomic E-state index is -3.86. The van der Waals surface area contributed by atoms with Crippen LogP contribution in [-0.4, -0.2) is 24.4 Å². The monoisotopic (exact) mass is 330 g/mol. The van der Waals surface area contributed by atoms with Gasteiger partial charge in [-0.1, -0.05) is 36.4 Å². The molecule has 0 saturated heterocycles. The molecule has 4 nitrogen and oxygen atoms in total. The highest BCUT2D eigenvalue weighted by Crippen LogP contribution is 2.31. The molecule has 0 unspecified atom stereocenters. The summed E-state index contributed by atoms with van der Waals surface area (Å²) >= 11 is 0. The first-order valence-electron chi connectivity index (χ1n) is 7.77. The van der Waals surface area contributed by atoms with Gasteiger partial charge in [-0.25, -0.2) is 0 Å². The predicted molar refractivity (Wildman–Crippen MR) is 93.3 cm³/mol. The van der Waals surface area contributed by atoms with Crippen LogP contribution in [0.25, 0.3) is 0 Å². The molecule has 1 N–H and O–H groups in total. The summed E-state index contributed by atoms with van der Waals surface area (Å²) in [4.78, 5) is 0. The third-order valence-corrected chi connectivity index (χ3v) is 4.88. The zero-order chi connectivity index (χ0) is 16.3. The first-order chi connectivity index (χ1) is 11.0. The molecule has 0 aromatic heterocycles. The van der Waals surface area contributed by atoms with Gasteiger partial charge in [0.25, 0.3) is 10.1 Å². The van der Waals surface area contributed by atoms with Gasteiger partial charge in [0.2, 0.25) is 11.4 Å². The van der Waals surface area contributed by atoms with E-state index in [0.29, 0.717) is 6.42 Å². The number of unbranched alkanes of at least 4 members (excludes halogenated alkanes) is 1. The molecule has 0 fully saturated rings. The van der Waals surface area contributed by atoms with Crippen molar-refractivity contribution in [3.05, 3.63) is 60.2 Å². The van der Waals surface area contributed by atoms with Crippen LogP contribution >= 0.6 is 0 Å². The topological polar surface area (TPSA) is 57.4 Å². The summed E-state index contributed by atoms with van der Waals surface area (Å²) in [6.45, 7) is 0. The van der Waals surface area contributed by atoms with Crippen LogP contribution in [0.2, 0.25) is 0 Å². The normalized spacial score (nSPS) is 14.1. The molecule has 1 aliphatic heterocycles. The average molecular weight is 330 g/mol. The van der Waals surface area contributed by atoms with Crippen molar-refractivity contribution >= 4 is 27.2 Å². The van der Waals surface area contributed by atoms with Gasteiger partial charge in [-0.05, 0) is 12.8 Å². The highest BCUT2D eigenvalue weighted by atomic mass is 32.2. The van der Waals surface area contributed by atoms with E-state index < -0.39 is 10.1 Å². The second-order valence-electron chi connectivity index (χ2n) is 5.79. The second-order valence-corrected chi connectivity index (χ2v) is 7.36. The van der Waals surface area contributed by atoms with Crippen LogP contribution in [0.5, 0.6) is 0 Å². The lowest BCUT2D eigenvalue weighted by molar-refractivity contribution is 0.480. The van der Waals surface area contributed by atoms with Crippen molar-refractivity contribution in [3.8, 4) is 0 Å². The third-order valence-electron chi connectivity index (χ3n) is 4.08. The SMILES string of the molecule is O=S(=O)(O)CCCCC1=[N+](c2ccccc2)c2ccccc2C1. The number of rotatable bonds is 6. The van der Waals surface area contributed by atoms with Crippen molar-refractivity contribution in [3.63, 3.8) is 0 Å². The molecule has 23 heavy (non-hydrogen) atoms. The molecule has 0 bridgehead atoms. The van der Waals surface area contributed by atoms with Gasteiger partial charge >= 0.3 is 0 Å². The molecule has 0 aliphatic carbocycles. The molecule has 0 radical (unpaired) electrons. The maximum atomic E-state index is 10.8. The molecular weight excluding hydrogens is 310 g/mol. The van der Waals surface area contributed by atoms with Gasteiger partial charge in [0.05, 0.1) is 12.2 Å². The van der Waals surface area contributed by atoms with E-state index in [2.05, 4.69) is 28.8 Å². The number of nitrogens with zero attached hydrogens (tertiary/aromatic N) is 1. The largest absolute Gasteiger partial charge is 0.286 e. The Kier molecular flexibility index (Phi) is 4.59. The maximum Gasteiger partial charge on any atom is 0.264 e. The van der Waals surface area contributed by atoms with Crippen LogP contribution in [0.3, 0.4) is 0 Å². The van der Waals surface area contributed by atoms with E-state index in [1.807, 2.05) is 30.3 Å². The Morgan fingerprint density at radius 1 is 0.957 bits per heavy atom. The summed E-state index contributed by atoms with van der Waals surface area (Å²) in [7, 11) is -3.86. The van der Waals surface area contributed by atoms with E-state index in [9.17, 15) is 8.42 Å². The lowest BCUT2D eigenvalue weighted by atomic mass is 10.1. The van der Waals surface area contributed by atoms with Crippen molar-refractivity contribution in [1.82, 2.24) is 4.58 Å². The fourth-order valence-corrected chi connectivity index (χ4v) is 3.63. The molecule has 120 valence electrons. The molecule has 0 amide bonds. The van der Waals surface area contributed by atoms with Crippen LogP contribution in [-0.2, 0) is 16.5 Å². The molecule has 0 atom stereocenters. The molecule has 2 aromatic carbocycles. The van der Waals surface area contributed by atoms with Gasteiger partial charge in [-0.15, -0.1) is 0 Å². The summed E-state index contributed by atoms with van der Waals surface area (Å²) in [6.07, 6.45) is 2.92. The summed E-state index contributed by atoms with van der Waals surface area (Å²) in [5.74, 6) is -0.168. The zero-order valence-corrected chi connectivity index (χ0v) is 13.7. The standard InChI is InChI=1S/C18H19NO3S/c20-23(21,22)13-7-6-11-17-14-15-8-4-5-12-18(15)19(17)16-9-2-1-3-10-16/h1-5,8-10,12H,6-7,11,13-14H2/p+1. The minimum Gasteiger partial charge on any atom is -0.286 e. The van der Waals surface area contributed by atoms with Crippen molar-refractivity contribution in [2.75, 3.05) is 5.75 Å². The Hall–Kier alpha value is -1.98. The third kappa shape index (κ3) is 3.86. The number of hydrogen-bond acceptors (Lipinski definition) is 2. The minimum absolute atomic E-state index is 0.168. The number of fused-ring (bicyclic) bond motifs is 1.